The number of halogens is 1. The number of aromatic nitrogens is 2. The van der Waals surface area contributed by atoms with Gasteiger partial charge in [-0.2, -0.15) is 0 Å². The van der Waals surface area contributed by atoms with Gasteiger partial charge in [-0.3, -0.25) is 10.1 Å². The normalized spacial score (nSPS) is 11.2. The summed E-state index contributed by atoms with van der Waals surface area (Å²) in [6.07, 6.45) is 2.31. The Morgan fingerprint density at radius 2 is 1.81 bits per heavy atom. The minimum absolute atomic E-state index is 0.154. The van der Waals surface area contributed by atoms with Gasteiger partial charge in [-0.15, -0.1) is 0 Å². The molecule has 0 aliphatic heterocycles. The van der Waals surface area contributed by atoms with Gasteiger partial charge in [0, 0.05) is 12.0 Å². The van der Waals surface area contributed by atoms with E-state index in [2.05, 4.69) is 15.3 Å². The molecule has 0 aliphatic rings. The molecule has 0 amide bonds. The van der Waals surface area contributed by atoms with E-state index in [1.54, 1.807) is 12.1 Å². The molecule has 0 spiro atoms. The van der Waals surface area contributed by atoms with Gasteiger partial charge in [0.1, 0.15) is 18.2 Å². The van der Waals surface area contributed by atoms with Crippen molar-refractivity contribution in [1.29, 1.82) is 0 Å². The Hall–Kier alpha value is -2.57. The summed E-state index contributed by atoms with van der Waals surface area (Å²) < 4.78 is 12.9. The minimum Gasteiger partial charge on any atom is -0.353 e. The zero-order valence-electron chi connectivity index (χ0n) is 11.7. The van der Waals surface area contributed by atoms with E-state index in [1.807, 2.05) is 13.8 Å². The second kappa shape index (κ2) is 5.82. The summed E-state index contributed by atoms with van der Waals surface area (Å²) in [7, 11) is 0. The van der Waals surface area contributed by atoms with E-state index in [1.165, 1.54) is 12.1 Å². The molecule has 0 saturated heterocycles. The first-order valence-corrected chi connectivity index (χ1v) is 6.35. The first-order valence-electron chi connectivity index (χ1n) is 6.35. The van der Waals surface area contributed by atoms with Crippen molar-refractivity contribution in [2.75, 3.05) is 11.9 Å². The van der Waals surface area contributed by atoms with Gasteiger partial charge in [0.15, 0.2) is 0 Å². The van der Waals surface area contributed by atoms with Crippen molar-refractivity contribution in [2.24, 2.45) is 0 Å². The highest BCUT2D eigenvalue weighted by atomic mass is 19.1. The molecule has 6 nitrogen and oxygen atoms in total. The smallest absolute Gasteiger partial charge is 0.305 e. The Morgan fingerprint density at radius 3 is 2.33 bits per heavy atom. The fourth-order valence-corrected chi connectivity index (χ4v) is 1.81. The van der Waals surface area contributed by atoms with Gasteiger partial charge in [0.05, 0.1) is 4.92 Å². The van der Waals surface area contributed by atoms with Crippen LogP contribution in [-0.2, 0) is 5.41 Å². The predicted octanol–water partition coefficient (Wildman–Crippen LogP) is 2.91. The molecule has 0 radical (unpaired) electrons. The molecule has 110 valence electrons. The van der Waals surface area contributed by atoms with Gasteiger partial charge >= 0.3 is 5.69 Å². The molecule has 0 aliphatic carbocycles. The van der Waals surface area contributed by atoms with Gasteiger partial charge in [-0.1, -0.05) is 26.0 Å². The van der Waals surface area contributed by atoms with Gasteiger partial charge in [-0.05, 0) is 17.7 Å². The van der Waals surface area contributed by atoms with Crippen LogP contribution in [0, 0.1) is 15.9 Å². The molecule has 1 aromatic carbocycles. The average molecular weight is 290 g/mol. The maximum absolute atomic E-state index is 12.9. The van der Waals surface area contributed by atoms with Crippen molar-refractivity contribution >= 4 is 11.6 Å². The van der Waals surface area contributed by atoms with E-state index in [0.29, 0.717) is 12.5 Å². The lowest BCUT2D eigenvalue weighted by Gasteiger charge is -2.25. The van der Waals surface area contributed by atoms with E-state index in [-0.39, 0.29) is 16.9 Å². The highest BCUT2D eigenvalue weighted by molar-refractivity contribution is 5.33. The maximum atomic E-state index is 12.9. The number of hydrogen-bond acceptors (Lipinski definition) is 5. The van der Waals surface area contributed by atoms with E-state index in [9.17, 15) is 14.5 Å². The Morgan fingerprint density at radius 1 is 1.24 bits per heavy atom. The Balaban J connectivity index is 2.04. The Kier molecular flexibility index (Phi) is 4.11. The molecule has 2 rings (SSSR count). The zero-order valence-corrected chi connectivity index (χ0v) is 11.7. The summed E-state index contributed by atoms with van der Waals surface area (Å²) in [6, 6.07) is 6.29. The van der Waals surface area contributed by atoms with Crippen LogP contribution in [-0.4, -0.2) is 21.4 Å². The lowest BCUT2D eigenvalue weighted by atomic mass is 9.84. The van der Waals surface area contributed by atoms with E-state index in [0.717, 1.165) is 18.0 Å². The van der Waals surface area contributed by atoms with Gasteiger partial charge < -0.3 is 5.32 Å². The number of rotatable bonds is 5. The van der Waals surface area contributed by atoms with Crippen molar-refractivity contribution < 1.29 is 9.31 Å². The molecule has 1 heterocycles. The average Bonchev–Trinajstić information content (AvgIpc) is 2.46. The minimum atomic E-state index is -0.549. The fourth-order valence-electron chi connectivity index (χ4n) is 1.81. The summed E-state index contributed by atoms with van der Waals surface area (Å²) in [5.74, 6) is 0.0389. The van der Waals surface area contributed by atoms with Crippen molar-refractivity contribution in [3.63, 3.8) is 0 Å². The number of hydrogen-bond donors (Lipinski definition) is 1. The lowest BCUT2D eigenvalue weighted by Crippen LogP contribution is -2.28. The van der Waals surface area contributed by atoms with E-state index < -0.39 is 4.92 Å². The molecular weight excluding hydrogens is 275 g/mol. The molecule has 0 saturated carbocycles. The number of nitrogens with one attached hydrogen (secondary N) is 1. The van der Waals surface area contributed by atoms with E-state index in [4.69, 9.17) is 0 Å². The summed E-state index contributed by atoms with van der Waals surface area (Å²) in [4.78, 5) is 17.7. The van der Waals surface area contributed by atoms with Crippen molar-refractivity contribution in [2.45, 2.75) is 19.3 Å². The van der Waals surface area contributed by atoms with Gasteiger partial charge in [0.25, 0.3) is 0 Å². The highest BCUT2D eigenvalue weighted by Crippen LogP contribution is 2.23. The molecule has 7 heteroatoms. The summed E-state index contributed by atoms with van der Waals surface area (Å²) in [6.45, 7) is 4.51. The predicted molar refractivity (Wildman–Crippen MR) is 76.6 cm³/mol. The maximum Gasteiger partial charge on any atom is 0.305 e. The van der Waals surface area contributed by atoms with Crippen molar-refractivity contribution in [3.8, 4) is 0 Å². The number of benzene rings is 1. The van der Waals surface area contributed by atoms with Crippen LogP contribution in [0.2, 0.25) is 0 Å². The molecule has 0 fully saturated rings. The van der Waals surface area contributed by atoms with Crippen LogP contribution in [0.3, 0.4) is 0 Å². The molecule has 1 N–H and O–H groups in total. The topological polar surface area (TPSA) is 81.0 Å². The monoisotopic (exact) mass is 290 g/mol. The quantitative estimate of drug-likeness (QED) is 0.676. The van der Waals surface area contributed by atoms with Gasteiger partial charge in [-0.25, -0.2) is 14.4 Å². The second-order valence-corrected chi connectivity index (χ2v) is 5.27. The second-order valence-electron chi connectivity index (χ2n) is 5.27. The number of anilines is 1. The zero-order chi connectivity index (χ0) is 15.5. The fraction of sp³-hybridized carbons (Fsp3) is 0.286. The van der Waals surface area contributed by atoms with Crippen LogP contribution >= 0.6 is 0 Å². The summed E-state index contributed by atoms with van der Waals surface area (Å²) in [5, 5.41) is 13.5. The third kappa shape index (κ3) is 3.71. The molecule has 0 atom stereocenters. The van der Waals surface area contributed by atoms with Crippen LogP contribution in [0.15, 0.2) is 36.7 Å². The van der Waals surface area contributed by atoms with Crippen molar-refractivity contribution in [3.05, 3.63) is 58.2 Å². The number of nitro groups is 1. The molecule has 21 heavy (non-hydrogen) atoms. The molecule has 1 aromatic heterocycles. The van der Waals surface area contributed by atoms with Crippen LogP contribution in [0.5, 0.6) is 0 Å². The van der Waals surface area contributed by atoms with Crippen LogP contribution in [0.1, 0.15) is 19.4 Å². The Labute approximate surface area is 121 Å². The third-order valence-electron chi connectivity index (χ3n) is 3.16. The van der Waals surface area contributed by atoms with Crippen LogP contribution in [0.4, 0.5) is 16.0 Å². The first kappa shape index (κ1) is 14.8. The number of nitrogens with zero attached hydrogens (tertiary/aromatic N) is 3. The van der Waals surface area contributed by atoms with Crippen LogP contribution in [0.25, 0.3) is 0 Å². The van der Waals surface area contributed by atoms with Crippen LogP contribution < -0.4 is 5.32 Å². The summed E-state index contributed by atoms with van der Waals surface area (Å²) in [5.41, 5.74) is 0.551. The highest BCUT2D eigenvalue weighted by Gasteiger charge is 2.21. The largest absolute Gasteiger partial charge is 0.353 e. The molecule has 0 bridgehead atoms. The molecule has 0 unspecified atom stereocenters. The Bertz CT molecular complexity index is 626. The lowest BCUT2D eigenvalue weighted by molar-refractivity contribution is -0.385. The molecular formula is C14H15FN4O2. The van der Waals surface area contributed by atoms with Gasteiger partial charge in [0.2, 0.25) is 5.95 Å². The third-order valence-corrected chi connectivity index (χ3v) is 3.16. The standard InChI is InChI=1S/C14H15FN4O2/c1-14(2,10-3-5-11(15)6-4-10)9-18-13-16-7-12(8-17-13)19(20)21/h3-8H,9H2,1-2H3,(H,16,17,18). The first-order chi connectivity index (χ1) is 9.88. The van der Waals surface area contributed by atoms with E-state index >= 15 is 0 Å². The molecule has 2 aromatic rings. The summed E-state index contributed by atoms with van der Waals surface area (Å²) >= 11 is 0. The van der Waals surface area contributed by atoms with Crippen molar-refractivity contribution in [1.82, 2.24) is 9.97 Å². The SMILES string of the molecule is CC(C)(CNc1ncc([N+](=O)[O-])cn1)c1ccc(F)cc1.